The van der Waals surface area contributed by atoms with E-state index < -0.39 is 18.8 Å². The maximum Gasteiger partial charge on any atom is 0.397 e. The number of rotatable bonds is 0. The van der Waals surface area contributed by atoms with E-state index in [0.717, 1.165) is 0 Å². The largest absolute Gasteiger partial charge is 0.508 e. The third-order valence-electron chi connectivity index (χ3n) is 2.14. The third-order valence-corrected chi connectivity index (χ3v) is 2.14. The second kappa shape index (κ2) is 9.50. The van der Waals surface area contributed by atoms with Gasteiger partial charge in [-0.15, -0.1) is 0 Å². The molecule has 0 saturated heterocycles. The number of phenols is 2. The number of nitrogen functional groups attached to an aromatic ring is 2. The van der Waals surface area contributed by atoms with Gasteiger partial charge < -0.3 is 21.7 Å². The average Bonchev–Trinajstić information content (AvgIpc) is 2.34. The number of nitrogens with two attached hydrogens (primary N) is 2. The summed E-state index contributed by atoms with van der Waals surface area (Å²) in [6.45, 7) is 0. The molecule has 0 unspecified atom stereocenters. The number of halogens is 6. The molecule has 0 saturated carbocycles. The van der Waals surface area contributed by atoms with Crippen LogP contribution in [0.4, 0.5) is 37.7 Å². The van der Waals surface area contributed by atoms with Crippen LogP contribution >= 0.6 is 0 Å². The molecule has 0 fully saturated rings. The lowest BCUT2D eigenvalue weighted by molar-refractivity contribution is -0.232. The van der Waals surface area contributed by atoms with E-state index in [-0.39, 0.29) is 11.5 Å². The van der Waals surface area contributed by atoms with Gasteiger partial charge in [-0.3, -0.25) is 0 Å². The molecule has 2 aromatic carbocycles. The second-order valence-corrected chi connectivity index (χ2v) is 4.60. The highest BCUT2D eigenvalue weighted by Gasteiger charge is 2.43. The Labute approximate surface area is 139 Å². The topological polar surface area (TPSA) is 92.5 Å². The van der Waals surface area contributed by atoms with Gasteiger partial charge in [0.2, 0.25) is 0 Å². The number of benzene rings is 2. The molecular weight excluding hydrogens is 354 g/mol. The number of alkyl halides is 6. The first-order chi connectivity index (χ1) is 11.3. The fraction of sp³-hybridized carbons (Fsp3) is 0.200. The minimum absolute atomic E-state index is 0.213. The fourth-order valence-electron chi connectivity index (χ4n) is 1.28. The molecule has 0 bridgehead atoms. The van der Waals surface area contributed by atoms with Crippen molar-refractivity contribution in [1.82, 2.24) is 0 Å². The van der Waals surface area contributed by atoms with Gasteiger partial charge in [0.1, 0.15) is 17.9 Å². The zero-order valence-corrected chi connectivity index (χ0v) is 12.6. The zero-order valence-electron chi connectivity index (χ0n) is 12.6. The van der Waals surface area contributed by atoms with E-state index in [0.29, 0.717) is 11.4 Å². The predicted octanol–water partition coefficient (Wildman–Crippen LogP) is 4.45. The molecule has 0 amide bonds. The standard InChI is InChI=1S/2C6H7NO.C3H2F6/c2*7-5-2-1-3-6(8)4-5;4-2(5,6)1-3(7,8)9/h2*1-4,8H,7H2;1H2. The molecule has 0 aromatic heterocycles. The van der Waals surface area contributed by atoms with Crippen LogP contribution in [-0.4, -0.2) is 22.6 Å². The van der Waals surface area contributed by atoms with Gasteiger partial charge in [0.05, 0.1) is 0 Å². The minimum atomic E-state index is -5.14. The summed E-state index contributed by atoms with van der Waals surface area (Å²) < 4.78 is 65.0. The molecule has 2 rings (SSSR count). The van der Waals surface area contributed by atoms with E-state index in [1.165, 1.54) is 12.1 Å². The lowest BCUT2D eigenvalue weighted by atomic mass is 10.3. The molecule has 0 aliphatic carbocycles. The summed E-state index contributed by atoms with van der Waals surface area (Å²) in [5.74, 6) is 0.426. The van der Waals surface area contributed by atoms with Crippen molar-refractivity contribution >= 4 is 11.4 Å². The first-order valence-corrected chi connectivity index (χ1v) is 6.51. The minimum Gasteiger partial charge on any atom is -0.508 e. The molecule has 0 spiro atoms. The molecule has 0 atom stereocenters. The summed E-state index contributed by atoms with van der Waals surface area (Å²) >= 11 is 0. The smallest absolute Gasteiger partial charge is 0.397 e. The van der Waals surface area contributed by atoms with Gasteiger partial charge in [0, 0.05) is 23.5 Å². The molecule has 10 heteroatoms. The highest BCUT2D eigenvalue weighted by Crippen LogP contribution is 2.31. The van der Waals surface area contributed by atoms with E-state index >= 15 is 0 Å². The highest BCUT2D eigenvalue weighted by atomic mass is 19.4. The molecule has 0 aliphatic rings. The van der Waals surface area contributed by atoms with Crippen LogP contribution in [0.3, 0.4) is 0 Å². The van der Waals surface area contributed by atoms with Crippen LogP contribution < -0.4 is 11.5 Å². The van der Waals surface area contributed by atoms with Crippen molar-refractivity contribution in [3.05, 3.63) is 48.5 Å². The lowest BCUT2D eigenvalue weighted by Crippen LogP contribution is -2.20. The van der Waals surface area contributed by atoms with E-state index in [9.17, 15) is 26.3 Å². The van der Waals surface area contributed by atoms with E-state index in [1.54, 1.807) is 36.4 Å². The van der Waals surface area contributed by atoms with Crippen LogP contribution in [0.15, 0.2) is 48.5 Å². The Kier molecular flexibility index (Phi) is 8.44. The Hall–Kier alpha value is -2.78. The Balaban J connectivity index is 0.000000346. The SMILES string of the molecule is FC(F)(F)CC(F)(F)F.Nc1cccc(O)c1.Nc1cccc(O)c1. The second-order valence-electron chi connectivity index (χ2n) is 4.60. The van der Waals surface area contributed by atoms with E-state index in [4.69, 9.17) is 21.7 Å². The zero-order chi connectivity index (χ0) is 19.7. The molecule has 140 valence electrons. The van der Waals surface area contributed by atoms with Crippen LogP contribution in [0.2, 0.25) is 0 Å². The number of hydrogen-bond donors (Lipinski definition) is 4. The van der Waals surface area contributed by atoms with Gasteiger partial charge in [0.25, 0.3) is 0 Å². The summed E-state index contributed by atoms with van der Waals surface area (Å²) in [4.78, 5) is 0. The van der Waals surface area contributed by atoms with Crippen molar-refractivity contribution in [3.8, 4) is 11.5 Å². The molecule has 2 aromatic rings. The average molecular weight is 370 g/mol. The van der Waals surface area contributed by atoms with Gasteiger partial charge in [-0.2, -0.15) is 26.3 Å². The maximum absolute atomic E-state index is 10.8. The molecule has 4 nitrogen and oxygen atoms in total. The van der Waals surface area contributed by atoms with Crippen LogP contribution in [0.25, 0.3) is 0 Å². The van der Waals surface area contributed by atoms with Gasteiger partial charge in [-0.25, -0.2) is 0 Å². The van der Waals surface area contributed by atoms with Gasteiger partial charge >= 0.3 is 12.4 Å². The van der Waals surface area contributed by atoms with E-state index in [1.807, 2.05) is 0 Å². The summed E-state index contributed by atoms with van der Waals surface area (Å²) in [5.41, 5.74) is 11.8. The van der Waals surface area contributed by atoms with Gasteiger partial charge in [-0.05, 0) is 24.3 Å². The third kappa shape index (κ3) is 14.5. The Bertz CT molecular complexity index is 554. The summed E-state index contributed by atoms with van der Waals surface area (Å²) in [6, 6.07) is 13.0. The number of phenolic OH excluding ortho intramolecular Hbond substituents is 2. The Morgan fingerprint density at radius 1 is 0.680 bits per heavy atom. The number of aromatic hydroxyl groups is 2. The van der Waals surface area contributed by atoms with Crippen molar-refractivity contribution in [3.63, 3.8) is 0 Å². The summed E-state index contributed by atoms with van der Waals surface area (Å²) in [5, 5.41) is 17.5. The van der Waals surface area contributed by atoms with Crippen molar-refractivity contribution in [2.24, 2.45) is 0 Å². The van der Waals surface area contributed by atoms with Crippen LogP contribution in [0.1, 0.15) is 6.42 Å². The first kappa shape index (κ1) is 22.2. The molecule has 0 heterocycles. The monoisotopic (exact) mass is 370 g/mol. The molecule has 25 heavy (non-hydrogen) atoms. The molecule has 0 radical (unpaired) electrons. The normalized spacial score (nSPS) is 10.8. The Morgan fingerprint density at radius 2 is 1.00 bits per heavy atom. The number of anilines is 2. The van der Waals surface area contributed by atoms with Gasteiger partial charge in [-0.1, -0.05) is 12.1 Å². The van der Waals surface area contributed by atoms with Crippen molar-refractivity contribution < 1.29 is 36.6 Å². The van der Waals surface area contributed by atoms with E-state index in [2.05, 4.69) is 0 Å². The molecule has 6 N–H and O–H groups in total. The fourth-order valence-corrected chi connectivity index (χ4v) is 1.28. The Morgan fingerprint density at radius 3 is 1.12 bits per heavy atom. The predicted molar refractivity (Wildman–Crippen MR) is 81.8 cm³/mol. The maximum atomic E-state index is 10.8. The van der Waals surface area contributed by atoms with Crippen molar-refractivity contribution in [2.75, 3.05) is 11.5 Å². The van der Waals surface area contributed by atoms with Crippen molar-refractivity contribution in [1.29, 1.82) is 0 Å². The molecule has 0 aliphatic heterocycles. The molecular formula is C15H16F6N2O2. The highest BCUT2D eigenvalue weighted by molar-refractivity contribution is 5.43. The summed E-state index contributed by atoms with van der Waals surface area (Å²) in [7, 11) is 0. The first-order valence-electron chi connectivity index (χ1n) is 6.51. The number of hydrogen-bond acceptors (Lipinski definition) is 4. The summed E-state index contributed by atoms with van der Waals surface area (Å²) in [6.07, 6.45) is -13.0. The van der Waals surface area contributed by atoms with Crippen molar-refractivity contribution in [2.45, 2.75) is 18.8 Å². The van der Waals surface area contributed by atoms with Crippen LogP contribution in [0.5, 0.6) is 11.5 Å². The van der Waals surface area contributed by atoms with Gasteiger partial charge in [0.15, 0.2) is 0 Å². The van der Waals surface area contributed by atoms with Crippen LogP contribution in [0, 0.1) is 0 Å². The quantitative estimate of drug-likeness (QED) is 0.407. The van der Waals surface area contributed by atoms with Crippen LogP contribution in [-0.2, 0) is 0 Å². The lowest BCUT2D eigenvalue weighted by Gasteiger charge is -2.08.